The molecule has 0 unspecified atom stereocenters. The predicted octanol–water partition coefficient (Wildman–Crippen LogP) is 4.68. The van der Waals surface area contributed by atoms with Crippen molar-refractivity contribution in [2.75, 3.05) is 13.2 Å². The molecular formula is C19H16O3. The molecule has 0 N–H and O–H groups in total. The van der Waals surface area contributed by atoms with Crippen molar-refractivity contribution in [3.8, 4) is 11.5 Å². The topological polar surface area (TPSA) is 27.7 Å². The van der Waals surface area contributed by atoms with Gasteiger partial charge in [-0.05, 0) is 35.0 Å². The normalized spacial score (nSPS) is 15.3. The number of fused-ring (bicyclic) bond motifs is 1. The lowest BCUT2D eigenvalue weighted by atomic mass is 10.1. The quantitative estimate of drug-likeness (QED) is 0.701. The van der Waals surface area contributed by atoms with Crippen LogP contribution in [0.1, 0.15) is 11.9 Å². The summed E-state index contributed by atoms with van der Waals surface area (Å²) in [5.74, 6) is 1.61. The van der Waals surface area contributed by atoms with Crippen molar-refractivity contribution >= 4 is 10.8 Å². The lowest BCUT2D eigenvalue weighted by Gasteiger charge is -2.12. The molecule has 0 atom stereocenters. The molecule has 0 aromatic heterocycles. The first-order valence-corrected chi connectivity index (χ1v) is 7.38. The van der Waals surface area contributed by atoms with Gasteiger partial charge in [0.25, 0.3) is 0 Å². The van der Waals surface area contributed by atoms with Crippen LogP contribution >= 0.6 is 0 Å². The summed E-state index contributed by atoms with van der Waals surface area (Å²) in [5.41, 5.74) is 0.982. The van der Waals surface area contributed by atoms with Crippen molar-refractivity contribution in [1.82, 2.24) is 0 Å². The van der Waals surface area contributed by atoms with Gasteiger partial charge in [0.2, 0.25) is 0 Å². The summed E-state index contributed by atoms with van der Waals surface area (Å²) >= 11 is 0. The van der Waals surface area contributed by atoms with Gasteiger partial charge in [0.1, 0.15) is 11.5 Å². The first-order valence-electron chi connectivity index (χ1n) is 7.38. The van der Waals surface area contributed by atoms with Crippen LogP contribution in [0.4, 0.5) is 0 Å². The van der Waals surface area contributed by atoms with Gasteiger partial charge in [-0.25, -0.2) is 0 Å². The fourth-order valence-electron chi connectivity index (χ4n) is 2.64. The van der Waals surface area contributed by atoms with Crippen LogP contribution in [0, 0.1) is 0 Å². The Bertz CT molecular complexity index is 791. The second-order valence-electron chi connectivity index (χ2n) is 5.26. The third kappa shape index (κ3) is 2.69. The van der Waals surface area contributed by atoms with Crippen LogP contribution < -0.4 is 4.74 Å². The Hall–Kier alpha value is -2.36. The first kappa shape index (κ1) is 13.3. The van der Waals surface area contributed by atoms with E-state index in [-0.39, 0.29) is 6.29 Å². The van der Waals surface area contributed by atoms with E-state index in [4.69, 9.17) is 14.2 Å². The van der Waals surface area contributed by atoms with Gasteiger partial charge in [-0.3, -0.25) is 0 Å². The Balaban J connectivity index is 1.60. The van der Waals surface area contributed by atoms with Gasteiger partial charge in [-0.15, -0.1) is 0 Å². The molecule has 0 bridgehead atoms. The summed E-state index contributed by atoms with van der Waals surface area (Å²) in [6.45, 7) is 1.28. The summed E-state index contributed by atoms with van der Waals surface area (Å²) in [5, 5.41) is 2.37. The van der Waals surface area contributed by atoms with Crippen LogP contribution in [0.15, 0.2) is 66.7 Å². The standard InChI is InChI=1S/C19H16O3/c1-2-5-15-12-18(9-8-14(15)4-1)22-17-7-3-6-16(13-17)19-20-10-11-21-19/h1-9,12-13,19H,10-11H2. The van der Waals surface area contributed by atoms with E-state index in [0.29, 0.717) is 13.2 Å². The smallest absolute Gasteiger partial charge is 0.184 e. The fourth-order valence-corrected chi connectivity index (χ4v) is 2.64. The molecule has 0 aliphatic carbocycles. The minimum Gasteiger partial charge on any atom is -0.457 e. The van der Waals surface area contributed by atoms with E-state index < -0.39 is 0 Å². The van der Waals surface area contributed by atoms with Crippen molar-refractivity contribution in [2.45, 2.75) is 6.29 Å². The maximum Gasteiger partial charge on any atom is 0.184 e. The molecule has 1 aliphatic heterocycles. The van der Waals surface area contributed by atoms with Crippen LogP contribution in [0.5, 0.6) is 11.5 Å². The highest BCUT2D eigenvalue weighted by Crippen LogP contribution is 2.29. The molecule has 1 fully saturated rings. The van der Waals surface area contributed by atoms with Gasteiger partial charge < -0.3 is 14.2 Å². The van der Waals surface area contributed by atoms with Gasteiger partial charge >= 0.3 is 0 Å². The zero-order valence-electron chi connectivity index (χ0n) is 12.1. The van der Waals surface area contributed by atoms with Crippen molar-refractivity contribution in [2.24, 2.45) is 0 Å². The van der Waals surface area contributed by atoms with Crippen LogP contribution in [-0.2, 0) is 9.47 Å². The third-order valence-corrected chi connectivity index (χ3v) is 3.71. The lowest BCUT2D eigenvalue weighted by molar-refractivity contribution is -0.0442. The minimum atomic E-state index is -0.278. The second-order valence-corrected chi connectivity index (χ2v) is 5.26. The molecule has 3 heteroatoms. The number of ether oxygens (including phenoxy) is 3. The molecule has 1 aliphatic rings. The summed E-state index contributed by atoms with van der Waals surface area (Å²) in [4.78, 5) is 0. The Kier molecular flexibility index (Phi) is 3.51. The molecule has 110 valence electrons. The van der Waals surface area contributed by atoms with Crippen molar-refractivity contribution in [1.29, 1.82) is 0 Å². The SMILES string of the molecule is c1cc(Oc2ccc3ccccc3c2)cc(C2OCCO2)c1. The van der Waals surface area contributed by atoms with E-state index in [0.717, 1.165) is 17.1 Å². The van der Waals surface area contributed by atoms with Crippen LogP contribution in [0.25, 0.3) is 10.8 Å². The largest absolute Gasteiger partial charge is 0.457 e. The summed E-state index contributed by atoms with van der Waals surface area (Å²) in [7, 11) is 0. The van der Waals surface area contributed by atoms with Gasteiger partial charge in [0.05, 0.1) is 13.2 Å². The highest BCUT2D eigenvalue weighted by molar-refractivity contribution is 5.83. The summed E-state index contributed by atoms with van der Waals surface area (Å²) in [6, 6.07) is 22.2. The average Bonchev–Trinajstić information content (AvgIpc) is 3.10. The van der Waals surface area contributed by atoms with Crippen molar-refractivity contribution in [3.63, 3.8) is 0 Å². The second kappa shape index (κ2) is 5.79. The number of hydrogen-bond donors (Lipinski definition) is 0. The Labute approximate surface area is 129 Å². The molecule has 0 amide bonds. The number of hydrogen-bond acceptors (Lipinski definition) is 3. The zero-order chi connectivity index (χ0) is 14.8. The molecule has 3 aromatic rings. The van der Waals surface area contributed by atoms with Crippen LogP contribution in [-0.4, -0.2) is 13.2 Å². The maximum absolute atomic E-state index is 5.98. The van der Waals surface area contributed by atoms with E-state index >= 15 is 0 Å². The molecule has 0 spiro atoms. The van der Waals surface area contributed by atoms with E-state index in [1.807, 2.05) is 48.5 Å². The third-order valence-electron chi connectivity index (χ3n) is 3.71. The van der Waals surface area contributed by atoms with E-state index in [2.05, 4.69) is 18.2 Å². The molecule has 4 rings (SSSR count). The minimum absolute atomic E-state index is 0.278. The average molecular weight is 292 g/mol. The molecule has 3 nitrogen and oxygen atoms in total. The molecule has 1 saturated heterocycles. The molecule has 3 aromatic carbocycles. The Morgan fingerprint density at radius 1 is 0.727 bits per heavy atom. The van der Waals surface area contributed by atoms with Crippen molar-refractivity contribution < 1.29 is 14.2 Å². The predicted molar refractivity (Wildman–Crippen MR) is 85.1 cm³/mol. The monoisotopic (exact) mass is 292 g/mol. The maximum atomic E-state index is 5.98. The van der Waals surface area contributed by atoms with Gasteiger partial charge in [0.15, 0.2) is 6.29 Å². The van der Waals surface area contributed by atoms with Gasteiger partial charge in [-0.2, -0.15) is 0 Å². The van der Waals surface area contributed by atoms with Gasteiger partial charge in [-0.1, -0.05) is 42.5 Å². The summed E-state index contributed by atoms with van der Waals surface area (Å²) in [6.07, 6.45) is -0.278. The Morgan fingerprint density at radius 3 is 2.36 bits per heavy atom. The van der Waals surface area contributed by atoms with Gasteiger partial charge in [0, 0.05) is 5.56 Å². The molecule has 22 heavy (non-hydrogen) atoms. The first-order chi connectivity index (χ1) is 10.9. The highest BCUT2D eigenvalue weighted by atomic mass is 16.7. The van der Waals surface area contributed by atoms with Crippen LogP contribution in [0.2, 0.25) is 0 Å². The van der Waals surface area contributed by atoms with E-state index in [1.54, 1.807) is 0 Å². The number of rotatable bonds is 3. The fraction of sp³-hybridized carbons (Fsp3) is 0.158. The zero-order valence-corrected chi connectivity index (χ0v) is 12.1. The van der Waals surface area contributed by atoms with Crippen LogP contribution in [0.3, 0.4) is 0 Å². The lowest BCUT2D eigenvalue weighted by Crippen LogP contribution is -1.98. The Morgan fingerprint density at radius 2 is 1.50 bits per heavy atom. The number of benzene rings is 3. The highest BCUT2D eigenvalue weighted by Gasteiger charge is 2.18. The molecule has 0 radical (unpaired) electrons. The molecule has 1 heterocycles. The van der Waals surface area contributed by atoms with E-state index in [9.17, 15) is 0 Å². The van der Waals surface area contributed by atoms with Crippen molar-refractivity contribution in [3.05, 3.63) is 72.3 Å². The molecular weight excluding hydrogens is 276 g/mol. The molecule has 0 saturated carbocycles. The van der Waals surface area contributed by atoms with E-state index in [1.165, 1.54) is 10.8 Å². The summed E-state index contributed by atoms with van der Waals surface area (Å²) < 4.78 is 17.0.